The zero-order chi connectivity index (χ0) is 23.3. The largest absolute Gasteiger partial charge is 0.507 e. The van der Waals surface area contributed by atoms with Gasteiger partial charge in [0.05, 0.1) is 12.6 Å². The molecule has 2 N–H and O–H groups in total. The number of rotatable bonds is 4. The van der Waals surface area contributed by atoms with E-state index < -0.39 is 5.60 Å². The molecule has 34 heavy (non-hydrogen) atoms. The number of hydrogen-bond donors (Lipinski definition) is 2. The summed E-state index contributed by atoms with van der Waals surface area (Å²) in [7, 11) is 0. The fourth-order valence-electron chi connectivity index (χ4n) is 5.19. The van der Waals surface area contributed by atoms with Gasteiger partial charge >= 0.3 is 0 Å². The maximum absolute atomic E-state index is 12.3. The highest BCUT2D eigenvalue weighted by Gasteiger charge is 2.47. The first-order chi connectivity index (χ1) is 16.5. The van der Waals surface area contributed by atoms with Crippen molar-refractivity contribution in [2.75, 3.05) is 18.2 Å². The standard InChI is InChI=1S/C29H25NO4/c1-19-12-13-24-22(14-19)29(32,23-15-26-27(16-25(23)31)34-18-33-26)17-30(24)28(20-8-4-2-5-9-20)21-10-6-3-7-11-21/h2-16,28,31-32H,17-18H2,1H3. The summed E-state index contributed by atoms with van der Waals surface area (Å²) in [5.74, 6) is 0.990. The van der Waals surface area contributed by atoms with Crippen LogP contribution in [-0.4, -0.2) is 23.6 Å². The second-order valence-corrected chi connectivity index (χ2v) is 8.96. The van der Waals surface area contributed by atoms with Gasteiger partial charge in [0.25, 0.3) is 0 Å². The van der Waals surface area contributed by atoms with E-state index in [2.05, 4.69) is 41.3 Å². The van der Waals surface area contributed by atoms with Crippen molar-refractivity contribution in [2.24, 2.45) is 0 Å². The molecule has 4 aromatic carbocycles. The number of aryl methyl sites for hydroxylation is 1. The summed E-state index contributed by atoms with van der Waals surface area (Å²) in [4.78, 5) is 2.23. The second-order valence-electron chi connectivity index (χ2n) is 8.96. The first-order valence-electron chi connectivity index (χ1n) is 11.4. The molecule has 0 fully saturated rings. The topological polar surface area (TPSA) is 62.2 Å². The Hall–Kier alpha value is -3.96. The fourth-order valence-corrected chi connectivity index (χ4v) is 5.19. The summed E-state index contributed by atoms with van der Waals surface area (Å²) in [6.07, 6.45) is 0. The van der Waals surface area contributed by atoms with Crippen LogP contribution in [0.3, 0.4) is 0 Å². The van der Waals surface area contributed by atoms with E-state index in [1.807, 2.05) is 49.4 Å². The monoisotopic (exact) mass is 451 g/mol. The number of phenols is 1. The molecular weight excluding hydrogens is 426 g/mol. The Morgan fingerprint density at radius 3 is 2.06 bits per heavy atom. The third-order valence-electron chi connectivity index (χ3n) is 6.78. The van der Waals surface area contributed by atoms with Crippen molar-refractivity contribution in [3.63, 3.8) is 0 Å². The van der Waals surface area contributed by atoms with Crippen molar-refractivity contribution in [1.82, 2.24) is 0 Å². The van der Waals surface area contributed by atoms with Gasteiger partial charge in [-0.2, -0.15) is 0 Å². The Morgan fingerprint density at radius 1 is 0.794 bits per heavy atom. The van der Waals surface area contributed by atoms with Gasteiger partial charge in [-0.1, -0.05) is 78.4 Å². The Bertz CT molecular complexity index is 1320. The van der Waals surface area contributed by atoms with E-state index >= 15 is 0 Å². The molecule has 0 aromatic heterocycles. The zero-order valence-electron chi connectivity index (χ0n) is 18.8. The molecule has 0 saturated carbocycles. The molecule has 5 nitrogen and oxygen atoms in total. The van der Waals surface area contributed by atoms with Gasteiger partial charge in [0.15, 0.2) is 11.5 Å². The molecule has 6 rings (SSSR count). The number of β-amino-alcohol motifs (C(OH)–C–C–N with tert-alkyl or cyclic N) is 1. The Kier molecular flexibility index (Phi) is 4.74. The number of fused-ring (bicyclic) bond motifs is 2. The van der Waals surface area contributed by atoms with Gasteiger partial charge in [-0.3, -0.25) is 0 Å². The third-order valence-corrected chi connectivity index (χ3v) is 6.78. The lowest BCUT2D eigenvalue weighted by atomic mass is 9.86. The summed E-state index contributed by atoms with van der Waals surface area (Å²) in [5, 5.41) is 23.2. The average Bonchev–Trinajstić information content (AvgIpc) is 3.42. The van der Waals surface area contributed by atoms with Crippen molar-refractivity contribution in [3.05, 3.63) is 119 Å². The summed E-state index contributed by atoms with van der Waals surface area (Å²) in [6.45, 7) is 2.38. The molecule has 2 aliphatic rings. The highest BCUT2D eigenvalue weighted by atomic mass is 16.7. The normalized spacial score (nSPS) is 18.4. The molecule has 1 atom stereocenters. The van der Waals surface area contributed by atoms with Crippen LogP contribution in [0.5, 0.6) is 17.2 Å². The molecule has 2 aliphatic heterocycles. The molecule has 0 aliphatic carbocycles. The molecular formula is C29H25NO4. The van der Waals surface area contributed by atoms with Crippen LogP contribution in [0.1, 0.15) is 33.9 Å². The summed E-state index contributed by atoms with van der Waals surface area (Å²) < 4.78 is 11.0. The lowest BCUT2D eigenvalue weighted by molar-refractivity contribution is 0.0938. The van der Waals surface area contributed by atoms with Crippen molar-refractivity contribution in [1.29, 1.82) is 0 Å². The third kappa shape index (κ3) is 3.20. The molecule has 4 aromatic rings. The van der Waals surface area contributed by atoms with Crippen molar-refractivity contribution in [2.45, 2.75) is 18.6 Å². The second kappa shape index (κ2) is 7.82. The number of anilines is 1. The summed E-state index contributed by atoms with van der Waals surface area (Å²) >= 11 is 0. The van der Waals surface area contributed by atoms with Gasteiger partial charge in [0.2, 0.25) is 6.79 Å². The maximum atomic E-state index is 12.3. The highest BCUT2D eigenvalue weighted by molar-refractivity contribution is 5.70. The van der Waals surface area contributed by atoms with Crippen LogP contribution in [-0.2, 0) is 5.60 Å². The molecule has 1 unspecified atom stereocenters. The molecule has 0 radical (unpaired) electrons. The van der Waals surface area contributed by atoms with E-state index in [1.165, 1.54) is 6.07 Å². The predicted molar refractivity (Wildman–Crippen MR) is 130 cm³/mol. The van der Waals surface area contributed by atoms with Crippen LogP contribution in [0.2, 0.25) is 0 Å². The molecule has 0 saturated heterocycles. The molecule has 0 bridgehead atoms. The number of ether oxygens (including phenoxy) is 2. The summed E-state index contributed by atoms with van der Waals surface area (Å²) in [5.41, 5.74) is 3.95. The fraction of sp³-hybridized carbons (Fsp3) is 0.172. The number of aromatic hydroxyl groups is 1. The van der Waals surface area contributed by atoms with Crippen LogP contribution in [0.4, 0.5) is 5.69 Å². The van der Waals surface area contributed by atoms with Crippen molar-refractivity contribution in [3.8, 4) is 17.2 Å². The van der Waals surface area contributed by atoms with Crippen molar-refractivity contribution >= 4 is 5.69 Å². The van der Waals surface area contributed by atoms with Gasteiger partial charge < -0.3 is 24.6 Å². The Labute approximate surface area is 198 Å². The van der Waals surface area contributed by atoms with Gasteiger partial charge in [-0.15, -0.1) is 0 Å². The average molecular weight is 452 g/mol. The van der Waals surface area contributed by atoms with Crippen LogP contribution in [0, 0.1) is 6.92 Å². The minimum absolute atomic E-state index is 0.0166. The van der Waals surface area contributed by atoms with E-state index in [-0.39, 0.29) is 25.1 Å². The number of phenolic OH excluding ortho intramolecular Hbond substituents is 1. The Morgan fingerprint density at radius 2 is 1.41 bits per heavy atom. The number of benzene rings is 4. The lowest BCUT2D eigenvalue weighted by Crippen LogP contribution is -2.37. The maximum Gasteiger partial charge on any atom is 0.231 e. The van der Waals surface area contributed by atoms with Crippen LogP contribution in [0.25, 0.3) is 0 Å². The first-order valence-corrected chi connectivity index (χ1v) is 11.4. The quantitative estimate of drug-likeness (QED) is 0.442. The van der Waals surface area contributed by atoms with E-state index in [1.54, 1.807) is 6.07 Å². The van der Waals surface area contributed by atoms with Crippen molar-refractivity contribution < 1.29 is 19.7 Å². The van der Waals surface area contributed by atoms with Crippen LogP contribution in [0.15, 0.2) is 91.0 Å². The minimum Gasteiger partial charge on any atom is -0.507 e. The van der Waals surface area contributed by atoms with Crippen LogP contribution < -0.4 is 14.4 Å². The highest BCUT2D eigenvalue weighted by Crippen LogP contribution is 2.52. The number of nitrogens with zero attached hydrogens (tertiary/aromatic N) is 1. The smallest absolute Gasteiger partial charge is 0.231 e. The molecule has 170 valence electrons. The van der Waals surface area contributed by atoms with E-state index in [4.69, 9.17) is 9.47 Å². The van der Waals surface area contributed by atoms with Gasteiger partial charge in [-0.25, -0.2) is 0 Å². The Balaban J connectivity index is 1.54. The molecule has 0 amide bonds. The lowest BCUT2D eigenvalue weighted by Gasteiger charge is -2.33. The number of hydrogen-bond acceptors (Lipinski definition) is 5. The molecule has 0 spiro atoms. The first kappa shape index (κ1) is 20.6. The summed E-state index contributed by atoms with van der Waals surface area (Å²) in [6, 6.07) is 29.8. The van der Waals surface area contributed by atoms with Gasteiger partial charge in [0.1, 0.15) is 11.4 Å². The van der Waals surface area contributed by atoms with E-state index in [0.29, 0.717) is 17.1 Å². The number of aliphatic hydroxyl groups is 1. The van der Waals surface area contributed by atoms with Gasteiger partial charge in [-0.05, 0) is 30.2 Å². The van der Waals surface area contributed by atoms with Gasteiger partial charge in [0, 0.05) is 22.9 Å². The van der Waals surface area contributed by atoms with E-state index in [9.17, 15) is 10.2 Å². The van der Waals surface area contributed by atoms with Crippen LogP contribution >= 0.6 is 0 Å². The molecule has 2 heterocycles. The van der Waals surface area contributed by atoms with E-state index in [0.717, 1.165) is 27.9 Å². The predicted octanol–water partition coefficient (Wildman–Crippen LogP) is 5.27. The SMILES string of the molecule is Cc1ccc2c(c1)C(O)(c1cc3c(cc1O)OCO3)CN2C(c1ccccc1)c1ccccc1. The molecule has 5 heteroatoms. The minimum atomic E-state index is -1.44. The zero-order valence-corrected chi connectivity index (χ0v) is 18.8.